The largest absolute Gasteiger partial charge is 0.468 e. The molecule has 1 atom stereocenters. The maximum absolute atomic E-state index is 11.1. The summed E-state index contributed by atoms with van der Waals surface area (Å²) in [5, 5.41) is 3.27. The van der Waals surface area contributed by atoms with Crippen molar-refractivity contribution in [2.45, 2.75) is 25.3 Å². The van der Waals surface area contributed by atoms with Gasteiger partial charge in [-0.1, -0.05) is 0 Å². The zero-order valence-corrected chi connectivity index (χ0v) is 12.1. The number of halogens is 1. The molecule has 5 heteroatoms. The van der Waals surface area contributed by atoms with E-state index in [1.807, 2.05) is 11.3 Å². The fourth-order valence-electron chi connectivity index (χ4n) is 2.01. The van der Waals surface area contributed by atoms with E-state index in [9.17, 15) is 4.79 Å². The summed E-state index contributed by atoms with van der Waals surface area (Å²) >= 11 is 4.22. The van der Waals surface area contributed by atoms with Crippen molar-refractivity contribution < 1.29 is 9.53 Å². The van der Waals surface area contributed by atoms with Gasteiger partial charge in [-0.25, -0.2) is 0 Å². The molecule has 0 aromatic carbocycles. The maximum atomic E-state index is 11.1. The number of carbonyl (C=O) groups is 1. The molecule has 16 heavy (non-hydrogen) atoms. The average Bonchev–Trinajstić information content (AvgIpc) is 2.66. The van der Waals surface area contributed by atoms with Gasteiger partial charge in [-0.15, -0.1) is 11.3 Å². The quantitative estimate of drug-likeness (QED) is 0.672. The minimum absolute atomic E-state index is 0.197. The van der Waals surface area contributed by atoms with Gasteiger partial charge in [-0.05, 0) is 53.5 Å². The van der Waals surface area contributed by atoms with E-state index in [1.54, 1.807) is 0 Å². The molecule has 1 aliphatic carbocycles. The lowest BCUT2D eigenvalue weighted by Crippen LogP contribution is -2.30. The van der Waals surface area contributed by atoms with Crippen molar-refractivity contribution in [1.29, 1.82) is 0 Å². The van der Waals surface area contributed by atoms with E-state index >= 15 is 0 Å². The van der Waals surface area contributed by atoms with Gasteiger partial charge in [-0.2, -0.15) is 0 Å². The third-order valence-electron chi connectivity index (χ3n) is 2.80. The van der Waals surface area contributed by atoms with E-state index in [0.717, 1.165) is 6.42 Å². The third-order valence-corrected chi connectivity index (χ3v) is 4.78. The van der Waals surface area contributed by atoms with Crippen molar-refractivity contribution in [3.8, 4) is 0 Å². The second kappa shape index (κ2) is 5.46. The first-order valence-electron chi connectivity index (χ1n) is 5.29. The highest BCUT2D eigenvalue weighted by Crippen LogP contribution is 2.36. The molecule has 88 valence electrons. The predicted octanol–water partition coefficient (Wildman–Crippen LogP) is 2.49. The van der Waals surface area contributed by atoms with E-state index < -0.39 is 0 Å². The number of aryl methyl sites for hydroxylation is 1. The summed E-state index contributed by atoms with van der Waals surface area (Å²) in [6.07, 6.45) is 3.48. The number of fused-ring (bicyclic) bond motifs is 1. The molecule has 0 spiro atoms. The Hall–Kier alpha value is -0.140. The lowest BCUT2D eigenvalue weighted by molar-refractivity contribution is -0.139. The van der Waals surface area contributed by atoms with Gasteiger partial charge < -0.3 is 4.74 Å². The summed E-state index contributed by atoms with van der Waals surface area (Å²) in [5.41, 5.74) is 1.38. The Kier molecular flexibility index (Phi) is 4.21. The van der Waals surface area contributed by atoms with Gasteiger partial charge in [0.25, 0.3) is 0 Å². The van der Waals surface area contributed by atoms with Crippen molar-refractivity contribution >= 4 is 39.9 Å². The number of carbonyl (C=O) groups excluding carboxylic acids is 1. The molecule has 0 saturated carbocycles. The van der Waals surface area contributed by atoms with Crippen molar-refractivity contribution in [2.75, 3.05) is 13.7 Å². The van der Waals surface area contributed by atoms with Crippen LogP contribution >= 0.6 is 33.9 Å². The second-order valence-corrected chi connectivity index (χ2v) is 6.86. The van der Waals surface area contributed by atoms with E-state index in [2.05, 4.69) is 38.7 Å². The molecule has 0 aliphatic heterocycles. The Labute approximate surface area is 113 Å². The van der Waals surface area contributed by atoms with Crippen LogP contribution < -0.4 is 5.32 Å². The molecule has 1 aliphatic rings. The SMILES string of the molecule is COC(=O)CNC1CCCc2sc(I)cc21. The number of esters is 1. The number of ether oxygens (including phenoxy) is 1. The van der Waals surface area contributed by atoms with Gasteiger partial charge in [0, 0.05) is 10.9 Å². The zero-order valence-electron chi connectivity index (χ0n) is 9.09. The second-order valence-electron chi connectivity index (χ2n) is 3.83. The van der Waals surface area contributed by atoms with Crippen LogP contribution in [0.2, 0.25) is 0 Å². The van der Waals surface area contributed by atoms with Crippen LogP contribution in [0.4, 0.5) is 0 Å². The fourth-order valence-corrected chi connectivity index (χ4v) is 4.13. The van der Waals surface area contributed by atoms with Crippen molar-refractivity contribution in [2.24, 2.45) is 0 Å². The van der Waals surface area contributed by atoms with Crippen LogP contribution in [-0.4, -0.2) is 19.6 Å². The Balaban J connectivity index is 2.04. The molecule has 2 rings (SSSR count). The molecular formula is C11H14INO2S. The summed E-state index contributed by atoms with van der Waals surface area (Å²) in [7, 11) is 1.42. The topological polar surface area (TPSA) is 38.3 Å². The summed E-state index contributed by atoms with van der Waals surface area (Å²) in [6.45, 7) is 0.299. The number of hydrogen-bond donors (Lipinski definition) is 1. The highest BCUT2D eigenvalue weighted by molar-refractivity contribution is 14.1. The van der Waals surface area contributed by atoms with Gasteiger partial charge in [0.2, 0.25) is 0 Å². The van der Waals surface area contributed by atoms with E-state index in [4.69, 9.17) is 0 Å². The Morgan fingerprint density at radius 3 is 3.31 bits per heavy atom. The van der Waals surface area contributed by atoms with E-state index in [0.29, 0.717) is 12.6 Å². The molecule has 0 amide bonds. The molecule has 1 aromatic rings. The highest BCUT2D eigenvalue weighted by atomic mass is 127. The molecule has 0 saturated heterocycles. The number of rotatable bonds is 3. The van der Waals surface area contributed by atoms with Crippen LogP contribution in [0.5, 0.6) is 0 Å². The molecule has 3 nitrogen and oxygen atoms in total. The predicted molar refractivity (Wildman–Crippen MR) is 72.7 cm³/mol. The number of methoxy groups -OCH3 is 1. The monoisotopic (exact) mass is 351 g/mol. The number of hydrogen-bond acceptors (Lipinski definition) is 4. The van der Waals surface area contributed by atoms with Gasteiger partial charge in [-0.3, -0.25) is 10.1 Å². The first kappa shape index (κ1) is 12.3. The molecule has 0 fully saturated rings. The lowest BCUT2D eigenvalue weighted by Gasteiger charge is -2.23. The first-order valence-corrected chi connectivity index (χ1v) is 7.18. The van der Waals surface area contributed by atoms with Crippen LogP contribution in [0.1, 0.15) is 29.3 Å². The summed E-state index contributed by atoms with van der Waals surface area (Å²) < 4.78 is 5.96. The van der Waals surface area contributed by atoms with Gasteiger partial charge in [0.1, 0.15) is 0 Å². The van der Waals surface area contributed by atoms with Crippen LogP contribution in [0.25, 0.3) is 0 Å². The third kappa shape index (κ3) is 2.75. The lowest BCUT2D eigenvalue weighted by atomic mass is 9.94. The zero-order chi connectivity index (χ0) is 11.5. The smallest absolute Gasteiger partial charge is 0.319 e. The molecular weight excluding hydrogens is 337 g/mol. The first-order chi connectivity index (χ1) is 7.70. The Morgan fingerprint density at radius 2 is 2.56 bits per heavy atom. The van der Waals surface area contributed by atoms with Crippen LogP contribution in [0, 0.1) is 2.88 Å². The summed E-state index contributed by atoms with van der Waals surface area (Å²) in [6, 6.07) is 2.55. The fraction of sp³-hybridized carbons (Fsp3) is 0.545. The van der Waals surface area contributed by atoms with Crippen LogP contribution in [0.3, 0.4) is 0 Å². The van der Waals surface area contributed by atoms with Crippen molar-refractivity contribution in [3.63, 3.8) is 0 Å². The molecule has 1 unspecified atom stereocenters. The maximum Gasteiger partial charge on any atom is 0.319 e. The van der Waals surface area contributed by atoms with Gasteiger partial charge >= 0.3 is 5.97 Å². The summed E-state index contributed by atoms with van der Waals surface area (Å²) in [5.74, 6) is -0.197. The molecule has 0 radical (unpaired) electrons. The van der Waals surface area contributed by atoms with Crippen molar-refractivity contribution in [1.82, 2.24) is 5.32 Å². The molecule has 1 heterocycles. The van der Waals surface area contributed by atoms with E-state index in [1.165, 1.54) is 33.3 Å². The van der Waals surface area contributed by atoms with Crippen LogP contribution in [-0.2, 0) is 16.0 Å². The van der Waals surface area contributed by atoms with Gasteiger partial charge in [0.15, 0.2) is 0 Å². The number of nitrogens with one attached hydrogen (secondary N) is 1. The van der Waals surface area contributed by atoms with Crippen molar-refractivity contribution in [3.05, 3.63) is 19.4 Å². The normalized spacial score (nSPS) is 19.2. The number of thiophene rings is 1. The minimum Gasteiger partial charge on any atom is -0.468 e. The molecule has 0 bridgehead atoms. The standard InChI is InChI=1S/C11H14INO2S/c1-15-11(14)6-13-8-3-2-4-9-7(8)5-10(12)16-9/h5,8,13H,2-4,6H2,1H3. The summed E-state index contributed by atoms with van der Waals surface area (Å²) in [4.78, 5) is 12.6. The molecule has 1 N–H and O–H groups in total. The highest BCUT2D eigenvalue weighted by Gasteiger charge is 2.22. The van der Waals surface area contributed by atoms with Gasteiger partial charge in [0.05, 0.1) is 16.5 Å². The Bertz CT molecular complexity index is 391. The average molecular weight is 351 g/mol. The van der Waals surface area contributed by atoms with E-state index in [-0.39, 0.29) is 5.97 Å². The van der Waals surface area contributed by atoms with Crippen LogP contribution in [0.15, 0.2) is 6.07 Å². The molecule has 1 aromatic heterocycles. The Morgan fingerprint density at radius 1 is 1.75 bits per heavy atom. The minimum atomic E-state index is -0.197.